The number of halogens is 1. The number of ether oxygens (including phenoxy) is 1. The second-order valence-corrected chi connectivity index (χ2v) is 5.38. The summed E-state index contributed by atoms with van der Waals surface area (Å²) in [7, 11) is 0. The number of hydrogen-bond acceptors (Lipinski definition) is 4. The molecule has 1 aliphatic heterocycles. The van der Waals surface area contributed by atoms with Gasteiger partial charge in [0.05, 0.1) is 23.3 Å². The summed E-state index contributed by atoms with van der Waals surface area (Å²) in [6.07, 6.45) is 3.61. The zero-order valence-electron chi connectivity index (χ0n) is 10.6. The molecule has 5 nitrogen and oxygen atoms in total. The van der Waals surface area contributed by atoms with E-state index in [0.717, 1.165) is 29.1 Å². The van der Waals surface area contributed by atoms with Crippen LogP contribution in [0.25, 0.3) is 0 Å². The van der Waals surface area contributed by atoms with Crippen molar-refractivity contribution in [1.82, 2.24) is 15.2 Å². The summed E-state index contributed by atoms with van der Waals surface area (Å²) in [4.78, 5) is 6.72. The molecule has 0 bridgehead atoms. The normalized spacial score (nSPS) is 19.7. The highest BCUT2D eigenvalue weighted by Crippen LogP contribution is 2.30. The van der Waals surface area contributed by atoms with Crippen molar-refractivity contribution in [3.8, 4) is 0 Å². The predicted octanol–water partition coefficient (Wildman–Crippen LogP) is 2.45. The summed E-state index contributed by atoms with van der Waals surface area (Å²) in [5, 5.41) is 6.95. The summed E-state index contributed by atoms with van der Waals surface area (Å²) in [6.45, 7) is 4.38. The fourth-order valence-corrected chi connectivity index (χ4v) is 2.71. The molecule has 1 atom stereocenters. The van der Waals surface area contributed by atoms with Gasteiger partial charge in [-0.05, 0) is 40.5 Å². The molecular formula is C13H15BrN4O. The molecule has 0 radical (unpaired) electrons. The smallest absolute Gasteiger partial charge is 0.143 e. The number of nitrogens with one attached hydrogen (secondary N) is 1. The lowest BCUT2D eigenvalue weighted by Crippen LogP contribution is -2.39. The third kappa shape index (κ3) is 2.50. The van der Waals surface area contributed by atoms with Gasteiger partial charge >= 0.3 is 0 Å². The molecule has 0 amide bonds. The number of aromatic nitrogens is 3. The Hall–Kier alpha value is -1.40. The SMILES string of the molecule is Cc1ccnc(N2CCOC(c3ccn[nH]3)C2)c1Br. The third-order valence-electron chi connectivity index (χ3n) is 3.30. The van der Waals surface area contributed by atoms with Crippen molar-refractivity contribution in [1.29, 1.82) is 0 Å². The monoisotopic (exact) mass is 322 g/mol. The molecule has 0 aliphatic carbocycles. The van der Waals surface area contributed by atoms with Gasteiger partial charge in [-0.25, -0.2) is 4.98 Å². The van der Waals surface area contributed by atoms with Gasteiger partial charge in [-0.15, -0.1) is 0 Å². The van der Waals surface area contributed by atoms with Crippen LogP contribution in [0.3, 0.4) is 0 Å². The zero-order chi connectivity index (χ0) is 13.2. The number of hydrogen-bond donors (Lipinski definition) is 1. The molecule has 2 aromatic rings. The number of nitrogens with zero attached hydrogens (tertiary/aromatic N) is 3. The van der Waals surface area contributed by atoms with E-state index in [-0.39, 0.29) is 6.10 Å². The van der Waals surface area contributed by atoms with E-state index in [1.54, 1.807) is 6.20 Å². The van der Waals surface area contributed by atoms with Crippen LogP contribution in [0.15, 0.2) is 29.0 Å². The molecule has 19 heavy (non-hydrogen) atoms. The van der Waals surface area contributed by atoms with Crippen molar-refractivity contribution in [3.05, 3.63) is 40.3 Å². The van der Waals surface area contributed by atoms with Gasteiger partial charge in [-0.2, -0.15) is 5.10 Å². The maximum atomic E-state index is 5.79. The summed E-state index contributed by atoms with van der Waals surface area (Å²) in [6, 6.07) is 3.95. The maximum Gasteiger partial charge on any atom is 0.143 e. The van der Waals surface area contributed by atoms with Crippen LogP contribution in [0.1, 0.15) is 17.4 Å². The molecule has 0 spiro atoms. The third-order valence-corrected chi connectivity index (χ3v) is 4.28. The van der Waals surface area contributed by atoms with E-state index in [2.05, 4.69) is 42.9 Å². The number of aryl methyl sites for hydroxylation is 1. The first kappa shape index (κ1) is 12.6. The van der Waals surface area contributed by atoms with Crippen LogP contribution in [0.5, 0.6) is 0 Å². The van der Waals surface area contributed by atoms with Crippen molar-refractivity contribution < 1.29 is 4.74 Å². The quantitative estimate of drug-likeness (QED) is 0.922. The van der Waals surface area contributed by atoms with E-state index < -0.39 is 0 Å². The van der Waals surface area contributed by atoms with Crippen LogP contribution >= 0.6 is 15.9 Å². The number of aromatic amines is 1. The van der Waals surface area contributed by atoms with Crippen molar-refractivity contribution in [3.63, 3.8) is 0 Å². The first-order chi connectivity index (χ1) is 9.25. The summed E-state index contributed by atoms with van der Waals surface area (Å²) >= 11 is 3.62. The van der Waals surface area contributed by atoms with Gasteiger partial charge < -0.3 is 9.64 Å². The van der Waals surface area contributed by atoms with Gasteiger partial charge in [0.1, 0.15) is 11.9 Å². The van der Waals surface area contributed by atoms with Gasteiger partial charge in [-0.3, -0.25) is 5.10 Å². The minimum absolute atomic E-state index is 0.0189. The fourth-order valence-electron chi connectivity index (χ4n) is 2.22. The Morgan fingerprint density at radius 3 is 3.11 bits per heavy atom. The van der Waals surface area contributed by atoms with Crippen LogP contribution in [0.2, 0.25) is 0 Å². The first-order valence-corrected chi connectivity index (χ1v) is 7.02. The minimum Gasteiger partial charge on any atom is -0.368 e. The molecular weight excluding hydrogens is 308 g/mol. The van der Waals surface area contributed by atoms with E-state index in [1.165, 1.54) is 5.56 Å². The van der Waals surface area contributed by atoms with E-state index in [1.807, 2.05) is 18.3 Å². The van der Waals surface area contributed by atoms with Crippen molar-refractivity contribution >= 4 is 21.7 Å². The van der Waals surface area contributed by atoms with Gasteiger partial charge in [-0.1, -0.05) is 0 Å². The van der Waals surface area contributed by atoms with Gasteiger partial charge in [0.25, 0.3) is 0 Å². The lowest BCUT2D eigenvalue weighted by molar-refractivity contribution is 0.0367. The minimum atomic E-state index is 0.0189. The number of morpholine rings is 1. The molecule has 1 saturated heterocycles. The summed E-state index contributed by atoms with van der Waals surface area (Å²) in [5.74, 6) is 0.979. The molecule has 3 heterocycles. The van der Waals surface area contributed by atoms with Crippen LogP contribution in [0, 0.1) is 6.92 Å². The maximum absolute atomic E-state index is 5.79. The first-order valence-electron chi connectivity index (χ1n) is 6.22. The molecule has 0 aromatic carbocycles. The Balaban J connectivity index is 1.84. The van der Waals surface area contributed by atoms with Gasteiger partial charge in [0.15, 0.2) is 0 Å². The Bertz CT molecular complexity index is 558. The second kappa shape index (κ2) is 5.30. The van der Waals surface area contributed by atoms with E-state index in [4.69, 9.17) is 4.74 Å². The molecule has 0 saturated carbocycles. The Morgan fingerprint density at radius 2 is 2.32 bits per heavy atom. The van der Waals surface area contributed by atoms with Crippen molar-refractivity contribution in [2.45, 2.75) is 13.0 Å². The second-order valence-electron chi connectivity index (χ2n) is 4.58. The lowest BCUT2D eigenvalue weighted by Gasteiger charge is -2.33. The molecule has 100 valence electrons. The van der Waals surface area contributed by atoms with Crippen LogP contribution in [0.4, 0.5) is 5.82 Å². The largest absolute Gasteiger partial charge is 0.368 e. The summed E-state index contributed by atoms with van der Waals surface area (Å²) < 4.78 is 6.84. The molecule has 3 rings (SSSR count). The average molecular weight is 323 g/mol. The lowest BCUT2D eigenvalue weighted by atomic mass is 10.2. The summed E-state index contributed by atoms with van der Waals surface area (Å²) in [5.41, 5.74) is 2.20. The molecule has 6 heteroatoms. The number of anilines is 1. The van der Waals surface area contributed by atoms with Gasteiger partial charge in [0.2, 0.25) is 0 Å². The number of H-pyrrole nitrogens is 1. The highest BCUT2D eigenvalue weighted by molar-refractivity contribution is 9.10. The van der Waals surface area contributed by atoms with Crippen LogP contribution in [-0.4, -0.2) is 34.9 Å². The predicted molar refractivity (Wildman–Crippen MR) is 76.2 cm³/mol. The van der Waals surface area contributed by atoms with Crippen molar-refractivity contribution in [2.75, 3.05) is 24.6 Å². The standard InChI is InChI=1S/C13H15BrN4O/c1-9-2-4-15-13(12(9)14)18-6-7-19-11(8-18)10-3-5-16-17-10/h2-5,11H,6-8H2,1H3,(H,16,17). The van der Waals surface area contributed by atoms with E-state index in [0.29, 0.717) is 6.61 Å². The molecule has 1 aliphatic rings. The van der Waals surface area contributed by atoms with E-state index >= 15 is 0 Å². The zero-order valence-corrected chi connectivity index (χ0v) is 12.2. The average Bonchev–Trinajstić information content (AvgIpc) is 2.96. The van der Waals surface area contributed by atoms with Gasteiger partial charge in [0, 0.05) is 18.9 Å². The molecule has 1 fully saturated rings. The molecule has 1 unspecified atom stereocenters. The topological polar surface area (TPSA) is 54.0 Å². The fraction of sp³-hybridized carbons (Fsp3) is 0.385. The molecule has 1 N–H and O–H groups in total. The van der Waals surface area contributed by atoms with Crippen LogP contribution < -0.4 is 4.90 Å². The van der Waals surface area contributed by atoms with Crippen LogP contribution in [-0.2, 0) is 4.74 Å². The highest BCUT2D eigenvalue weighted by Gasteiger charge is 2.25. The van der Waals surface area contributed by atoms with Crippen molar-refractivity contribution in [2.24, 2.45) is 0 Å². The Morgan fingerprint density at radius 1 is 1.42 bits per heavy atom. The number of pyridine rings is 1. The highest BCUT2D eigenvalue weighted by atomic mass is 79.9. The molecule has 2 aromatic heterocycles. The Labute approximate surface area is 120 Å². The number of rotatable bonds is 2. The Kier molecular flexibility index (Phi) is 3.52. The van der Waals surface area contributed by atoms with E-state index in [9.17, 15) is 0 Å².